The second kappa shape index (κ2) is 7.94. The number of aryl methyl sites for hydroxylation is 1. The van der Waals surface area contributed by atoms with Crippen molar-refractivity contribution in [1.82, 2.24) is 24.9 Å². The molecule has 0 radical (unpaired) electrons. The van der Waals surface area contributed by atoms with Crippen molar-refractivity contribution in [3.05, 3.63) is 66.4 Å². The first-order valence-corrected chi connectivity index (χ1v) is 9.99. The van der Waals surface area contributed by atoms with E-state index in [-0.39, 0.29) is 5.91 Å². The second-order valence-electron chi connectivity index (χ2n) is 7.42. The average Bonchev–Trinajstić information content (AvgIpc) is 3.61. The van der Waals surface area contributed by atoms with Crippen molar-refractivity contribution in [3.63, 3.8) is 0 Å². The van der Waals surface area contributed by atoms with Gasteiger partial charge in [0.2, 0.25) is 5.95 Å². The predicted octanol–water partition coefficient (Wildman–Crippen LogP) is 3.69. The molecule has 1 amide bonds. The molecule has 31 heavy (non-hydrogen) atoms. The van der Waals surface area contributed by atoms with Crippen molar-refractivity contribution in [2.24, 2.45) is 0 Å². The SMILES string of the molecule is Cc1ccc(NC(=O)c2ccncc2)cc1Nc1ncnc2nc(NC3CC3)ncc12. The lowest BCUT2D eigenvalue weighted by Crippen LogP contribution is -2.12. The highest BCUT2D eigenvalue weighted by Gasteiger charge is 2.22. The van der Waals surface area contributed by atoms with Crippen molar-refractivity contribution >= 4 is 40.1 Å². The third-order valence-corrected chi connectivity index (χ3v) is 4.99. The van der Waals surface area contributed by atoms with Gasteiger partial charge in [-0.15, -0.1) is 0 Å². The number of fused-ring (bicyclic) bond motifs is 1. The van der Waals surface area contributed by atoms with Crippen LogP contribution in [0.4, 0.5) is 23.1 Å². The van der Waals surface area contributed by atoms with Crippen molar-refractivity contribution in [3.8, 4) is 0 Å². The van der Waals surface area contributed by atoms with Crippen LogP contribution < -0.4 is 16.0 Å². The van der Waals surface area contributed by atoms with Crippen LogP contribution in [0.15, 0.2) is 55.2 Å². The van der Waals surface area contributed by atoms with E-state index in [0.717, 1.165) is 29.5 Å². The van der Waals surface area contributed by atoms with E-state index in [1.54, 1.807) is 30.7 Å². The van der Waals surface area contributed by atoms with E-state index >= 15 is 0 Å². The Hall–Kier alpha value is -4.14. The number of aromatic nitrogens is 5. The number of amides is 1. The number of anilines is 4. The quantitative estimate of drug-likeness (QED) is 0.439. The molecule has 0 bridgehead atoms. The summed E-state index contributed by atoms with van der Waals surface area (Å²) in [7, 11) is 0. The molecule has 154 valence electrons. The molecule has 0 saturated heterocycles. The molecule has 0 aliphatic heterocycles. The van der Waals surface area contributed by atoms with Gasteiger partial charge in [-0.2, -0.15) is 4.98 Å². The van der Waals surface area contributed by atoms with Crippen LogP contribution in [-0.4, -0.2) is 36.9 Å². The predicted molar refractivity (Wildman–Crippen MR) is 118 cm³/mol. The molecule has 3 heterocycles. The number of pyridine rings is 1. The molecule has 5 rings (SSSR count). The summed E-state index contributed by atoms with van der Waals surface area (Å²) in [6, 6.07) is 9.46. The fourth-order valence-corrected chi connectivity index (χ4v) is 3.10. The summed E-state index contributed by atoms with van der Waals surface area (Å²) < 4.78 is 0. The molecule has 0 atom stereocenters. The van der Waals surface area contributed by atoms with Crippen LogP contribution in [0.25, 0.3) is 11.0 Å². The van der Waals surface area contributed by atoms with Gasteiger partial charge in [-0.25, -0.2) is 15.0 Å². The van der Waals surface area contributed by atoms with Gasteiger partial charge < -0.3 is 16.0 Å². The zero-order chi connectivity index (χ0) is 21.2. The fourth-order valence-electron chi connectivity index (χ4n) is 3.10. The van der Waals surface area contributed by atoms with Gasteiger partial charge in [0.1, 0.15) is 12.1 Å². The van der Waals surface area contributed by atoms with Gasteiger partial charge in [0.15, 0.2) is 5.65 Å². The molecule has 1 aliphatic rings. The first kappa shape index (κ1) is 18.9. The Morgan fingerprint density at radius 3 is 2.71 bits per heavy atom. The third kappa shape index (κ3) is 4.25. The van der Waals surface area contributed by atoms with Crippen LogP contribution in [0, 0.1) is 6.92 Å². The molecule has 9 heteroatoms. The summed E-state index contributed by atoms with van der Waals surface area (Å²) in [5.74, 6) is 0.981. The summed E-state index contributed by atoms with van der Waals surface area (Å²) in [5.41, 5.74) is 3.59. The lowest BCUT2D eigenvalue weighted by atomic mass is 10.1. The van der Waals surface area contributed by atoms with Crippen LogP contribution in [0.2, 0.25) is 0 Å². The van der Waals surface area contributed by atoms with Gasteiger partial charge in [0.25, 0.3) is 5.91 Å². The first-order valence-electron chi connectivity index (χ1n) is 9.99. The Labute approximate surface area is 178 Å². The van der Waals surface area contributed by atoms with E-state index in [0.29, 0.717) is 34.7 Å². The number of nitrogens with one attached hydrogen (secondary N) is 3. The van der Waals surface area contributed by atoms with Crippen LogP contribution in [0.5, 0.6) is 0 Å². The highest BCUT2D eigenvalue weighted by atomic mass is 16.1. The van der Waals surface area contributed by atoms with Gasteiger partial charge >= 0.3 is 0 Å². The Morgan fingerprint density at radius 1 is 1.06 bits per heavy atom. The summed E-state index contributed by atoms with van der Waals surface area (Å²) in [6.07, 6.45) is 8.66. The molecule has 1 aromatic carbocycles. The molecule has 3 aromatic heterocycles. The summed E-state index contributed by atoms with van der Waals surface area (Å²) in [5, 5.41) is 10.2. The van der Waals surface area contributed by atoms with E-state index in [2.05, 4.69) is 40.9 Å². The van der Waals surface area contributed by atoms with Crippen LogP contribution in [-0.2, 0) is 0 Å². The number of rotatable bonds is 6. The zero-order valence-electron chi connectivity index (χ0n) is 16.8. The minimum atomic E-state index is -0.200. The standard InChI is InChI=1S/C22H20N8O/c1-13-2-3-16(27-21(31)14-6-8-23-9-7-14)10-18(13)29-19-17-11-24-22(28-15-4-5-15)30-20(17)26-12-25-19/h2-3,6-12,15H,4-5H2,1H3,(H,27,31)(H2,24,25,26,28,29,30). The zero-order valence-corrected chi connectivity index (χ0v) is 16.8. The highest BCUT2D eigenvalue weighted by Crippen LogP contribution is 2.28. The Balaban J connectivity index is 1.39. The maximum atomic E-state index is 12.5. The number of hydrogen-bond donors (Lipinski definition) is 3. The molecule has 3 N–H and O–H groups in total. The second-order valence-corrected chi connectivity index (χ2v) is 7.42. The number of benzene rings is 1. The smallest absolute Gasteiger partial charge is 0.255 e. The van der Waals surface area contributed by atoms with Crippen molar-refractivity contribution < 1.29 is 4.79 Å². The van der Waals surface area contributed by atoms with Crippen LogP contribution >= 0.6 is 0 Å². The lowest BCUT2D eigenvalue weighted by Gasteiger charge is -2.13. The van der Waals surface area contributed by atoms with E-state index in [1.165, 1.54) is 6.33 Å². The summed E-state index contributed by atoms with van der Waals surface area (Å²) in [4.78, 5) is 33.9. The number of hydrogen-bond acceptors (Lipinski definition) is 8. The Kier molecular flexibility index (Phi) is 4.83. The van der Waals surface area contributed by atoms with Gasteiger partial charge in [-0.3, -0.25) is 9.78 Å². The summed E-state index contributed by atoms with van der Waals surface area (Å²) >= 11 is 0. The maximum Gasteiger partial charge on any atom is 0.255 e. The molecule has 0 unspecified atom stereocenters. The van der Waals surface area contributed by atoms with E-state index < -0.39 is 0 Å². The van der Waals surface area contributed by atoms with E-state index in [1.807, 2.05) is 25.1 Å². The van der Waals surface area contributed by atoms with Gasteiger partial charge in [0.05, 0.1) is 5.39 Å². The normalized spacial score (nSPS) is 13.1. The highest BCUT2D eigenvalue weighted by molar-refractivity contribution is 6.04. The minimum absolute atomic E-state index is 0.200. The molecule has 4 aromatic rings. The molecule has 1 saturated carbocycles. The van der Waals surface area contributed by atoms with Gasteiger partial charge in [-0.05, 0) is 49.6 Å². The lowest BCUT2D eigenvalue weighted by molar-refractivity contribution is 0.102. The minimum Gasteiger partial charge on any atom is -0.351 e. The Morgan fingerprint density at radius 2 is 1.90 bits per heavy atom. The molecule has 9 nitrogen and oxygen atoms in total. The number of carbonyl (C=O) groups excluding carboxylic acids is 1. The third-order valence-electron chi connectivity index (χ3n) is 4.99. The fraction of sp³-hybridized carbons (Fsp3) is 0.182. The maximum absolute atomic E-state index is 12.5. The largest absolute Gasteiger partial charge is 0.351 e. The average molecular weight is 412 g/mol. The van der Waals surface area contributed by atoms with Crippen LogP contribution in [0.1, 0.15) is 28.8 Å². The molecular formula is C22H20N8O. The van der Waals surface area contributed by atoms with E-state index in [9.17, 15) is 4.79 Å². The van der Waals surface area contributed by atoms with Crippen LogP contribution in [0.3, 0.4) is 0 Å². The van der Waals surface area contributed by atoms with Gasteiger partial charge in [0, 0.05) is 41.6 Å². The molecule has 1 fully saturated rings. The van der Waals surface area contributed by atoms with Gasteiger partial charge in [-0.1, -0.05) is 6.07 Å². The number of carbonyl (C=O) groups is 1. The van der Waals surface area contributed by atoms with E-state index in [4.69, 9.17) is 0 Å². The molecule has 0 spiro atoms. The monoisotopic (exact) mass is 412 g/mol. The molecular weight excluding hydrogens is 392 g/mol. The number of nitrogens with zero attached hydrogens (tertiary/aromatic N) is 5. The first-order chi connectivity index (χ1) is 15.2. The topological polar surface area (TPSA) is 118 Å². The van der Waals surface area contributed by atoms with Crippen molar-refractivity contribution in [1.29, 1.82) is 0 Å². The summed E-state index contributed by atoms with van der Waals surface area (Å²) in [6.45, 7) is 1.98. The Bertz CT molecular complexity index is 1260. The molecule has 1 aliphatic carbocycles. The van der Waals surface area contributed by atoms with Crippen molar-refractivity contribution in [2.45, 2.75) is 25.8 Å². The van der Waals surface area contributed by atoms with Crippen molar-refractivity contribution in [2.75, 3.05) is 16.0 Å².